The largest absolute Gasteiger partial charge is 0.489 e. The Morgan fingerprint density at radius 2 is 2.03 bits per heavy atom. The first kappa shape index (κ1) is 20.5. The molecule has 8 nitrogen and oxygen atoms in total. The van der Waals surface area contributed by atoms with E-state index in [4.69, 9.17) is 9.47 Å². The summed E-state index contributed by atoms with van der Waals surface area (Å²) >= 11 is 0. The predicted octanol–water partition coefficient (Wildman–Crippen LogP) is 2.28. The number of imidazole rings is 1. The lowest BCUT2D eigenvalue weighted by molar-refractivity contribution is -0.134. The minimum Gasteiger partial charge on any atom is -0.489 e. The average Bonchev–Trinajstić information content (AvgIpc) is 3.59. The van der Waals surface area contributed by atoms with E-state index < -0.39 is 0 Å². The summed E-state index contributed by atoms with van der Waals surface area (Å²) in [5, 5.41) is 2.94. The van der Waals surface area contributed by atoms with Crippen molar-refractivity contribution >= 4 is 17.5 Å². The zero-order valence-corrected chi connectivity index (χ0v) is 17.8. The number of rotatable bonds is 6. The van der Waals surface area contributed by atoms with Crippen LogP contribution in [-0.4, -0.2) is 58.5 Å². The van der Waals surface area contributed by atoms with Crippen LogP contribution in [0.15, 0.2) is 55.0 Å². The summed E-state index contributed by atoms with van der Waals surface area (Å²) < 4.78 is 13.3. The highest BCUT2D eigenvalue weighted by molar-refractivity contribution is 5.94. The molecule has 0 aliphatic carbocycles. The number of benzene rings is 1. The third kappa shape index (κ3) is 4.45. The molecular weight excluding hydrogens is 408 g/mol. The van der Waals surface area contributed by atoms with Gasteiger partial charge in [0.05, 0.1) is 19.1 Å². The van der Waals surface area contributed by atoms with E-state index in [1.165, 1.54) is 0 Å². The molecule has 2 aromatic heterocycles. The fraction of sp³-hybridized carbons (Fsp3) is 0.375. The predicted molar refractivity (Wildman–Crippen MR) is 117 cm³/mol. The highest BCUT2D eigenvalue weighted by atomic mass is 16.5. The van der Waals surface area contributed by atoms with Gasteiger partial charge in [0.1, 0.15) is 17.5 Å². The molecule has 0 unspecified atom stereocenters. The van der Waals surface area contributed by atoms with Crippen LogP contribution in [-0.2, 0) is 16.1 Å². The van der Waals surface area contributed by atoms with Crippen molar-refractivity contribution < 1.29 is 19.1 Å². The SMILES string of the molecule is O=C(NCc1ccn2ccnc2c1)c1ccc(O[C@H]2CCN(C(=O)[C@H]3CCOC3)C2)cc1. The summed E-state index contributed by atoms with van der Waals surface area (Å²) in [7, 11) is 0. The van der Waals surface area contributed by atoms with E-state index in [1.54, 1.807) is 30.5 Å². The number of nitrogens with one attached hydrogen (secondary N) is 1. The van der Waals surface area contributed by atoms with E-state index in [-0.39, 0.29) is 23.8 Å². The molecule has 0 saturated carbocycles. The Kier molecular flexibility index (Phi) is 5.77. The van der Waals surface area contributed by atoms with Crippen LogP contribution in [0, 0.1) is 5.92 Å². The molecule has 32 heavy (non-hydrogen) atoms. The first-order valence-electron chi connectivity index (χ1n) is 11.0. The number of amides is 2. The van der Waals surface area contributed by atoms with Gasteiger partial charge in [-0.3, -0.25) is 9.59 Å². The molecule has 166 valence electrons. The van der Waals surface area contributed by atoms with Gasteiger partial charge in [-0.15, -0.1) is 0 Å². The molecule has 1 N–H and O–H groups in total. The van der Waals surface area contributed by atoms with Gasteiger partial charge in [0.15, 0.2) is 0 Å². The van der Waals surface area contributed by atoms with Crippen molar-refractivity contribution in [3.05, 3.63) is 66.1 Å². The number of pyridine rings is 1. The van der Waals surface area contributed by atoms with E-state index >= 15 is 0 Å². The maximum atomic E-state index is 12.5. The molecule has 2 amide bonds. The summed E-state index contributed by atoms with van der Waals surface area (Å²) in [5.74, 6) is 0.728. The highest BCUT2D eigenvalue weighted by Gasteiger charge is 2.33. The Labute approximate surface area is 186 Å². The lowest BCUT2D eigenvalue weighted by Crippen LogP contribution is -2.36. The Balaban J connectivity index is 1.12. The maximum Gasteiger partial charge on any atom is 0.251 e. The van der Waals surface area contributed by atoms with Crippen LogP contribution in [0.2, 0.25) is 0 Å². The molecule has 3 aromatic rings. The Bertz CT molecular complexity index is 1100. The summed E-state index contributed by atoms with van der Waals surface area (Å²) in [4.78, 5) is 31.2. The van der Waals surface area contributed by atoms with E-state index in [9.17, 15) is 9.59 Å². The second kappa shape index (κ2) is 9.00. The molecular formula is C24H26N4O4. The summed E-state index contributed by atoms with van der Waals surface area (Å²) in [6, 6.07) is 11.0. The third-order valence-corrected chi connectivity index (χ3v) is 6.07. The number of ether oxygens (including phenoxy) is 2. The Morgan fingerprint density at radius 3 is 2.84 bits per heavy atom. The summed E-state index contributed by atoms with van der Waals surface area (Å²) in [5.41, 5.74) is 2.41. The van der Waals surface area contributed by atoms with Gasteiger partial charge in [0.2, 0.25) is 5.91 Å². The van der Waals surface area contributed by atoms with Gasteiger partial charge in [0, 0.05) is 50.3 Å². The maximum absolute atomic E-state index is 12.5. The molecule has 0 bridgehead atoms. The fourth-order valence-electron chi connectivity index (χ4n) is 4.24. The molecule has 0 radical (unpaired) electrons. The standard InChI is InChI=1S/C24H26N4O4/c29-23(26-14-17-5-9-27-11-8-25-22(27)13-17)18-1-3-20(4-2-18)32-21-6-10-28(15-21)24(30)19-7-12-31-16-19/h1-5,8-9,11,13,19,21H,6-7,10,12,14-16H2,(H,26,29)/t19-,21-/m0/s1. The normalized spacial score (nSPS) is 20.6. The number of likely N-dealkylation sites (tertiary alicyclic amines) is 1. The summed E-state index contributed by atoms with van der Waals surface area (Å²) in [6.45, 7) is 2.94. The number of hydrogen-bond acceptors (Lipinski definition) is 5. The van der Waals surface area contributed by atoms with Gasteiger partial charge in [-0.05, 0) is 48.4 Å². The van der Waals surface area contributed by atoms with Crippen molar-refractivity contribution in [3.8, 4) is 5.75 Å². The van der Waals surface area contributed by atoms with Crippen molar-refractivity contribution in [2.45, 2.75) is 25.5 Å². The zero-order chi connectivity index (χ0) is 21.9. The van der Waals surface area contributed by atoms with Gasteiger partial charge in [0.25, 0.3) is 5.91 Å². The number of hydrogen-bond donors (Lipinski definition) is 1. The van der Waals surface area contributed by atoms with Crippen LogP contribution in [0.1, 0.15) is 28.8 Å². The van der Waals surface area contributed by atoms with Crippen molar-refractivity contribution in [1.29, 1.82) is 0 Å². The fourth-order valence-corrected chi connectivity index (χ4v) is 4.24. The van der Waals surface area contributed by atoms with Gasteiger partial charge in [-0.1, -0.05) is 0 Å². The number of carbonyl (C=O) groups excluding carboxylic acids is 2. The van der Waals surface area contributed by atoms with Gasteiger partial charge in [-0.2, -0.15) is 0 Å². The molecule has 2 saturated heterocycles. The van der Waals surface area contributed by atoms with Crippen LogP contribution in [0.3, 0.4) is 0 Å². The van der Waals surface area contributed by atoms with Crippen LogP contribution >= 0.6 is 0 Å². The van der Waals surface area contributed by atoms with E-state index in [0.29, 0.717) is 44.2 Å². The van der Waals surface area contributed by atoms with Crippen molar-refractivity contribution in [3.63, 3.8) is 0 Å². The average molecular weight is 434 g/mol. The van der Waals surface area contributed by atoms with Crippen LogP contribution in [0.25, 0.3) is 5.65 Å². The number of aromatic nitrogens is 2. The van der Waals surface area contributed by atoms with Crippen molar-refractivity contribution in [2.75, 3.05) is 26.3 Å². The lowest BCUT2D eigenvalue weighted by Gasteiger charge is -2.20. The molecule has 2 atom stereocenters. The highest BCUT2D eigenvalue weighted by Crippen LogP contribution is 2.23. The smallest absolute Gasteiger partial charge is 0.251 e. The second-order valence-electron chi connectivity index (χ2n) is 8.31. The second-order valence-corrected chi connectivity index (χ2v) is 8.31. The number of fused-ring (bicyclic) bond motifs is 1. The zero-order valence-electron chi connectivity index (χ0n) is 17.8. The van der Waals surface area contributed by atoms with Crippen molar-refractivity contribution in [1.82, 2.24) is 19.6 Å². The number of carbonyl (C=O) groups is 2. The molecule has 8 heteroatoms. The molecule has 2 aliphatic rings. The minimum atomic E-state index is -0.142. The minimum absolute atomic E-state index is 0.00633. The first-order valence-corrected chi connectivity index (χ1v) is 11.0. The van der Waals surface area contributed by atoms with E-state index in [0.717, 1.165) is 24.1 Å². The monoisotopic (exact) mass is 434 g/mol. The number of nitrogens with zero attached hydrogens (tertiary/aromatic N) is 3. The lowest BCUT2D eigenvalue weighted by atomic mass is 10.1. The van der Waals surface area contributed by atoms with E-state index in [1.807, 2.05) is 33.8 Å². The molecule has 4 heterocycles. The van der Waals surface area contributed by atoms with Gasteiger partial charge in [-0.25, -0.2) is 4.98 Å². The third-order valence-electron chi connectivity index (χ3n) is 6.07. The molecule has 5 rings (SSSR count). The Hall–Kier alpha value is -3.39. The van der Waals surface area contributed by atoms with Crippen LogP contribution < -0.4 is 10.1 Å². The van der Waals surface area contributed by atoms with Crippen molar-refractivity contribution in [2.24, 2.45) is 5.92 Å². The first-order chi connectivity index (χ1) is 15.7. The molecule has 1 aromatic carbocycles. The van der Waals surface area contributed by atoms with Crippen LogP contribution in [0.5, 0.6) is 5.75 Å². The molecule has 2 aliphatic heterocycles. The van der Waals surface area contributed by atoms with Gasteiger partial charge < -0.3 is 24.1 Å². The topological polar surface area (TPSA) is 85.2 Å². The van der Waals surface area contributed by atoms with E-state index in [2.05, 4.69) is 10.3 Å². The molecule has 2 fully saturated rings. The summed E-state index contributed by atoms with van der Waals surface area (Å²) in [6.07, 6.45) is 7.14. The Morgan fingerprint density at radius 1 is 1.16 bits per heavy atom. The molecule has 0 spiro atoms. The quantitative estimate of drug-likeness (QED) is 0.643. The van der Waals surface area contributed by atoms with Crippen LogP contribution in [0.4, 0.5) is 0 Å². The van der Waals surface area contributed by atoms with Gasteiger partial charge >= 0.3 is 0 Å².